The second-order valence-electron chi connectivity index (χ2n) is 4.03. The molecule has 20 heavy (non-hydrogen) atoms. The highest BCUT2D eigenvalue weighted by Gasteiger charge is 2.26. The van der Waals surface area contributed by atoms with Crippen LogP contribution in [0.25, 0.3) is 0 Å². The fraction of sp³-hybridized carbons (Fsp3) is 0.214. The van der Waals surface area contributed by atoms with Gasteiger partial charge in [0.05, 0.1) is 6.54 Å². The third kappa shape index (κ3) is 3.68. The molecule has 0 N–H and O–H groups in total. The summed E-state index contributed by atoms with van der Waals surface area (Å²) in [5, 5.41) is 0. The highest BCUT2D eigenvalue weighted by molar-refractivity contribution is 6.02. The van der Waals surface area contributed by atoms with E-state index in [0.29, 0.717) is 0 Å². The molecule has 1 heterocycles. The molecule has 0 bridgehead atoms. The van der Waals surface area contributed by atoms with E-state index in [1.54, 1.807) is 0 Å². The summed E-state index contributed by atoms with van der Waals surface area (Å²) >= 11 is 0. The third-order valence-electron chi connectivity index (χ3n) is 2.61. The zero-order valence-electron chi connectivity index (χ0n) is 10.7. The van der Waals surface area contributed by atoms with Crippen molar-refractivity contribution in [3.05, 3.63) is 48.0 Å². The number of rotatable bonds is 4. The molecule has 0 atom stereocenters. The number of ether oxygens (including phenoxy) is 2. The fourth-order valence-electron chi connectivity index (χ4n) is 1.60. The van der Waals surface area contributed by atoms with E-state index < -0.39 is 18.0 Å². The lowest BCUT2D eigenvalue weighted by Crippen LogP contribution is -2.30. The molecule has 0 radical (unpaired) electrons. The van der Waals surface area contributed by atoms with Gasteiger partial charge in [-0.2, -0.15) is 0 Å². The van der Waals surface area contributed by atoms with Crippen molar-refractivity contribution in [2.75, 3.05) is 13.2 Å². The molecule has 0 unspecified atom stereocenters. The van der Waals surface area contributed by atoms with Crippen LogP contribution in [-0.4, -0.2) is 36.0 Å². The molecule has 1 aromatic rings. The molecule has 2 amide bonds. The van der Waals surface area contributed by atoms with E-state index in [1.165, 1.54) is 0 Å². The van der Waals surface area contributed by atoms with E-state index in [0.717, 1.165) is 22.6 Å². The van der Waals surface area contributed by atoms with Crippen LogP contribution in [0.5, 0.6) is 0 Å². The van der Waals surface area contributed by atoms with Crippen LogP contribution in [0.3, 0.4) is 0 Å². The number of hydrogen-bond donors (Lipinski definition) is 0. The molecule has 0 aromatic heterocycles. The normalized spacial score (nSPS) is 14.4. The molecule has 1 saturated heterocycles. The van der Waals surface area contributed by atoms with Crippen LogP contribution in [0.1, 0.15) is 5.56 Å². The first kappa shape index (κ1) is 13.8. The average molecular weight is 275 g/mol. The van der Waals surface area contributed by atoms with Gasteiger partial charge in [-0.3, -0.25) is 4.79 Å². The van der Waals surface area contributed by atoms with Gasteiger partial charge >= 0.3 is 12.1 Å². The lowest BCUT2D eigenvalue weighted by molar-refractivity contribution is -0.139. The van der Waals surface area contributed by atoms with Crippen molar-refractivity contribution in [1.82, 2.24) is 4.90 Å². The Bertz CT molecular complexity index is 538. The van der Waals surface area contributed by atoms with Crippen molar-refractivity contribution in [2.24, 2.45) is 0 Å². The molecule has 104 valence electrons. The number of imide groups is 1. The predicted octanol–water partition coefficient (Wildman–Crippen LogP) is 1.26. The van der Waals surface area contributed by atoms with Crippen molar-refractivity contribution >= 4 is 18.0 Å². The summed E-state index contributed by atoms with van der Waals surface area (Å²) in [4.78, 5) is 35.0. The van der Waals surface area contributed by atoms with Gasteiger partial charge in [0.1, 0.15) is 13.2 Å². The van der Waals surface area contributed by atoms with Crippen LogP contribution in [0.4, 0.5) is 4.79 Å². The van der Waals surface area contributed by atoms with Gasteiger partial charge in [-0.1, -0.05) is 30.3 Å². The van der Waals surface area contributed by atoms with Gasteiger partial charge in [0, 0.05) is 12.2 Å². The summed E-state index contributed by atoms with van der Waals surface area (Å²) in [6.07, 6.45) is 1.30. The molecule has 1 fully saturated rings. The summed E-state index contributed by atoms with van der Waals surface area (Å²) in [6.45, 7) is 0.502. The zero-order chi connectivity index (χ0) is 14.4. The quantitative estimate of drug-likeness (QED) is 0.611. The first-order chi connectivity index (χ1) is 9.66. The Morgan fingerprint density at radius 2 is 2.00 bits per heavy atom. The molecule has 1 aliphatic rings. The monoisotopic (exact) mass is 275 g/mol. The van der Waals surface area contributed by atoms with E-state index in [9.17, 15) is 14.4 Å². The highest BCUT2D eigenvalue weighted by Crippen LogP contribution is 2.04. The van der Waals surface area contributed by atoms with Gasteiger partial charge < -0.3 is 9.47 Å². The Hall–Kier alpha value is -2.63. The first-order valence-corrected chi connectivity index (χ1v) is 6.04. The lowest BCUT2D eigenvalue weighted by atomic mass is 10.2. The maximum Gasteiger partial charge on any atom is 0.416 e. The van der Waals surface area contributed by atoms with Gasteiger partial charge in [-0.15, -0.1) is 0 Å². The van der Waals surface area contributed by atoms with Crippen LogP contribution in [0.2, 0.25) is 0 Å². The molecule has 0 aliphatic carbocycles. The van der Waals surface area contributed by atoms with Crippen LogP contribution in [0, 0.1) is 0 Å². The minimum Gasteiger partial charge on any atom is -0.458 e. The summed E-state index contributed by atoms with van der Waals surface area (Å²) in [5.74, 6) is -1.24. The van der Waals surface area contributed by atoms with Crippen molar-refractivity contribution in [3.63, 3.8) is 0 Å². The van der Waals surface area contributed by atoms with Gasteiger partial charge in [0.25, 0.3) is 5.91 Å². The average Bonchev–Trinajstić information content (AvgIpc) is 2.90. The molecular weight excluding hydrogens is 262 g/mol. The molecule has 6 nitrogen and oxygen atoms in total. The first-order valence-electron chi connectivity index (χ1n) is 6.04. The van der Waals surface area contributed by atoms with Gasteiger partial charge in [-0.25, -0.2) is 14.5 Å². The Morgan fingerprint density at radius 1 is 1.25 bits per heavy atom. The molecule has 1 aliphatic heterocycles. The zero-order valence-corrected chi connectivity index (χ0v) is 10.7. The number of nitrogens with zero attached hydrogens (tertiary/aromatic N) is 1. The molecular formula is C14H13NO5. The van der Waals surface area contributed by atoms with Crippen molar-refractivity contribution in [3.8, 4) is 0 Å². The van der Waals surface area contributed by atoms with E-state index in [2.05, 4.69) is 4.74 Å². The van der Waals surface area contributed by atoms with Gasteiger partial charge in [0.15, 0.2) is 0 Å². The van der Waals surface area contributed by atoms with E-state index in [-0.39, 0.29) is 19.8 Å². The number of carbonyl (C=O) groups excluding carboxylic acids is 3. The summed E-state index contributed by atoms with van der Waals surface area (Å²) in [6, 6.07) is 9.17. The van der Waals surface area contributed by atoms with Crippen molar-refractivity contribution in [2.45, 2.75) is 6.61 Å². The summed E-state index contributed by atoms with van der Waals surface area (Å²) < 4.78 is 9.57. The molecule has 1 aromatic carbocycles. The van der Waals surface area contributed by atoms with E-state index >= 15 is 0 Å². The molecule has 2 rings (SSSR count). The number of esters is 1. The standard InChI is InChI=1S/C14H13NO5/c16-12(15-8-9-19-14(15)18)6-7-13(17)20-10-11-4-2-1-3-5-11/h1-7H,8-10H2/b7-6+. The third-order valence-corrected chi connectivity index (χ3v) is 2.61. The Balaban J connectivity index is 1.80. The Kier molecular flexibility index (Phi) is 4.49. The van der Waals surface area contributed by atoms with Gasteiger partial charge in [-0.05, 0) is 5.56 Å². The largest absolute Gasteiger partial charge is 0.458 e. The Morgan fingerprint density at radius 3 is 2.65 bits per heavy atom. The number of amides is 2. The van der Waals surface area contributed by atoms with E-state index in [4.69, 9.17) is 4.74 Å². The van der Waals surface area contributed by atoms with Crippen LogP contribution >= 0.6 is 0 Å². The minimum absolute atomic E-state index is 0.129. The molecule has 0 saturated carbocycles. The highest BCUT2D eigenvalue weighted by atomic mass is 16.6. The number of cyclic esters (lactones) is 1. The Labute approximate surface area is 115 Å². The summed E-state index contributed by atoms with van der Waals surface area (Å²) in [5.41, 5.74) is 0.851. The predicted molar refractivity (Wildman–Crippen MR) is 68.4 cm³/mol. The topological polar surface area (TPSA) is 72.9 Å². The second-order valence-corrected chi connectivity index (χ2v) is 4.03. The van der Waals surface area contributed by atoms with Crippen LogP contribution < -0.4 is 0 Å². The number of hydrogen-bond acceptors (Lipinski definition) is 5. The van der Waals surface area contributed by atoms with Crippen molar-refractivity contribution in [1.29, 1.82) is 0 Å². The molecule has 6 heteroatoms. The van der Waals surface area contributed by atoms with Gasteiger partial charge in [0.2, 0.25) is 0 Å². The van der Waals surface area contributed by atoms with Crippen LogP contribution in [0.15, 0.2) is 42.5 Å². The van der Waals surface area contributed by atoms with Crippen LogP contribution in [-0.2, 0) is 25.7 Å². The SMILES string of the molecule is O=C(/C=C/C(=O)N1CCOC1=O)OCc1ccccc1. The maximum absolute atomic E-state index is 11.6. The maximum atomic E-state index is 11.6. The lowest BCUT2D eigenvalue weighted by Gasteiger charge is -2.06. The fourth-order valence-corrected chi connectivity index (χ4v) is 1.60. The van der Waals surface area contributed by atoms with E-state index in [1.807, 2.05) is 30.3 Å². The number of benzene rings is 1. The number of carbonyl (C=O) groups is 3. The summed E-state index contributed by atoms with van der Waals surface area (Å²) in [7, 11) is 0. The smallest absolute Gasteiger partial charge is 0.416 e. The second kappa shape index (κ2) is 6.51. The molecule has 0 spiro atoms. The minimum atomic E-state index is -0.697. The van der Waals surface area contributed by atoms with Crippen molar-refractivity contribution < 1.29 is 23.9 Å².